The molecular weight excluding hydrogens is 238 g/mol. The smallest absolute Gasteiger partial charge is 0.119 e. The number of H-pyrrole nitrogens is 1. The number of nitrogens with two attached hydrogens (primary N) is 1. The Morgan fingerprint density at radius 3 is 2.63 bits per heavy atom. The van der Waals surface area contributed by atoms with Crippen LogP contribution in [0.5, 0.6) is 5.75 Å². The summed E-state index contributed by atoms with van der Waals surface area (Å²) >= 11 is 0. The van der Waals surface area contributed by atoms with Crippen LogP contribution in [0, 0.1) is 0 Å². The first-order chi connectivity index (χ1) is 9.30. The summed E-state index contributed by atoms with van der Waals surface area (Å²) in [4.78, 5) is 0. The van der Waals surface area contributed by atoms with Crippen molar-refractivity contribution in [1.29, 1.82) is 0 Å². The van der Waals surface area contributed by atoms with Gasteiger partial charge in [0, 0.05) is 17.8 Å². The molecule has 2 aromatic carbocycles. The third-order valence-electron chi connectivity index (χ3n) is 3.19. The molecule has 3 N–H and O–H groups in total. The topological polar surface area (TPSA) is 63.9 Å². The van der Waals surface area contributed by atoms with Gasteiger partial charge in [0.2, 0.25) is 0 Å². The number of fused-ring (bicyclic) bond motifs is 1. The molecule has 96 valence electrons. The number of nitrogens with zero attached hydrogens (tertiary/aromatic N) is 1. The Labute approximate surface area is 111 Å². The Morgan fingerprint density at radius 2 is 1.89 bits per heavy atom. The van der Waals surface area contributed by atoms with Gasteiger partial charge in [-0.25, -0.2) is 0 Å². The number of aromatic nitrogens is 2. The van der Waals surface area contributed by atoms with E-state index in [0.717, 1.165) is 33.5 Å². The molecule has 1 aromatic heterocycles. The fourth-order valence-electron chi connectivity index (χ4n) is 2.12. The molecule has 0 unspecified atom stereocenters. The van der Waals surface area contributed by atoms with Crippen LogP contribution in [0.3, 0.4) is 0 Å². The van der Waals surface area contributed by atoms with Crippen LogP contribution in [-0.4, -0.2) is 17.3 Å². The molecule has 19 heavy (non-hydrogen) atoms. The molecule has 4 nitrogen and oxygen atoms in total. The van der Waals surface area contributed by atoms with Gasteiger partial charge in [-0.3, -0.25) is 5.10 Å². The molecule has 0 fully saturated rings. The highest BCUT2D eigenvalue weighted by Gasteiger charge is 2.04. The fraction of sp³-hybridized carbons (Fsp3) is 0.133. The van der Waals surface area contributed by atoms with E-state index in [0.29, 0.717) is 6.54 Å². The molecule has 1 heterocycles. The summed E-state index contributed by atoms with van der Waals surface area (Å²) in [5.41, 5.74) is 8.51. The predicted octanol–water partition coefficient (Wildman–Crippen LogP) is 2.70. The Morgan fingerprint density at radius 1 is 1.11 bits per heavy atom. The molecule has 0 spiro atoms. The third-order valence-corrected chi connectivity index (χ3v) is 3.19. The average molecular weight is 253 g/mol. The van der Waals surface area contributed by atoms with Crippen LogP contribution in [0.15, 0.2) is 42.5 Å². The summed E-state index contributed by atoms with van der Waals surface area (Å²) in [5.74, 6) is 0.866. The monoisotopic (exact) mass is 253 g/mol. The minimum absolute atomic E-state index is 0.470. The van der Waals surface area contributed by atoms with Gasteiger partial charge in [-0.15, -0.1) is 0 Å². The first kappa shape index (κ1) is 11.7. The minimum Gasteiger partial charge on any atom is -0.497 e. The maximum absolute atomic E-state index is 5.58. The van der Waals surface area contributed by atoms with Crippen LogP contribution in [-0.2, 0) is 6.54 Å². The molecule has 4 heteroatoms. The van der Waals surface area contributed by atoms with Gasteiger partial charge in [0.15, 0.2) is 0 Å². The van der Waals surface area contributed by atoms with Gasteiger partial charge >= 0.3 is 0 Å². The van der Waals surface area contributed by atoms with Crippen molar-refractivity contribution in [2.75, 3.05) is 7.11 Å². The van der Waals surface area contributed by atoms with Crippen LogP contribution in [0.25, 0.3) is 22.0 Å². The number of hydrogen-bond acceptors (Lipinski definition) is 3. The molecule has 0 atom stereocenters. The summed E-state index contributed by atoms with van der Waals surface area (Å²) in [6.45, 7) is 0.470. The van der Waals surface area contributed by atoms with Crippen LogP contribution in [0.2, 0.25) is 0 Å². The van der Waals surface area contributed by atoms with E-state index in [1.54, 1.807) is 7.11 Å². The Hall–Kier alpha value is -2.33. The summed E-state index contributed by atoms with van der Waals surface area (Å²) in [7, 11) is 1.67. The Balaban J connectivity index is 2.06. The number of rotatable bonds is 3. The van der Waals surface area contributed by atoms with E-state index in [-0.39, 0.29) is 0 Å². The first-order valence-corrected chi connectivity index (χ1v) is 6.12. The fourth-order valence-corrected chi connectivity index (χ4v) is 2.12. The lowest BCUT2D eigenvalue weighted by molar-refractivity contribution is 0.415. The van der Waals surface area contributed by atoms with Crippen molar-refractivity contribution in [2.45, 2.75) is 6.54 Å². The predicted molar refractivity (Wildman–Crippen MR) is 76.0 cm³/mol. The molecule has 0 aliphatic rings. The van der Waals surface area contributed by atoms with Crippen LogP contribution >= 0.6 is 0 Å². The second-order valence-electron chi connectivity index (χ2n) is 4.41. The van der Waals surface area contributed by atoms with Crippen molar-refractivity contribution < 1.29 is 4.74 Å². The molecule has 0 aliphatic heterocycles. The number of aromatic amines is 1. The van der Waals surface area contributed by atoms with E-state index in [1.807, 2.05) is 24.3 Å². The summed E-state index contributed by atoms with van der Waals surface area (Å²) in [5, 5.41) is 9.51. The highest BCUT2D eigenvalue weighted by Crippen LogP contribution is 2.26. The number of ether oxygens (including phenoxy) is 1. The molecule has 0 saturated carbocycles. The zero-order valence-corrected chi connectivity index (χ0v) is 10.7. The van der Waals surface area contributed by atoms with Gasteiger partial charge in [0.25, 0.3) is 0 Å². The van der Waals surface area contributed by atoms with Crippen molar-refractivity contribution in [1.82, 2.24) is 10.2 Å². The average Bonchev–Trinajstić information content (AvgIpc) is 2.95. The number of methoxy groups -OCH3 is 1. The second-order valence-corrected chi connectivity index (χ2v) is 4.41. The standard InChI is InChI=1S/C15H15N3O/c1-19-14-5-4-10-6-12(3-2-11(10)7-14)15-8-13(9-16)17-18-15/h2-8H,9,16H2,1H3,(H,17,18). The van der Waals surface area contributed by atoms with E-state index >= 15 is 0 Å². The summed E-state index contributed by atoms with van der Waals surface area (Å²) in [6.07, 6.45) is 0. The summed E-state index contributed by atoms with van der Waals surface area (Å²) < 4.78 is 5.22. The quantitative estimate of drug-likeness (QED) is 0.754. The molecular formula is C15H15N3O. The maximum Gasteiger partial charge on any atom is 0.119 e. The third kappa shape index (κ3) is 2.18. The first-order valence-electron chi connectivity index (χ1n) is 6.12. The maximum atomic E-state index is 5.58. The van der Waals surface area contributed by atoms with Crippen LogP contribution in [0.4, 0.5) is 0 Å². The lowest BCUT2D eigenvalue weighted by Crippen LogP contribution is -1.95. The summed E-state index contributed by atoms with van der Waals surface area (Å²) in [6, 6.07) is 14.3. The van der Waals surface area contributed by atoms with Gasteiger partial charge in [-0.2, -0.15) is 5.10 Å². The number of hydrogen-bond donors (Lipinski definition) is 2. The zero-order chi connectivity index (χ0) is 13.2. The molecule has 0 radical (unpaired) electrons. The molecule has 3 aromatic rings. The highest BCUT2D eigenvalue weighted by molar-refractivity contribution is 5.87. The Bertz CT molecular complexity index is 718. The van der Waals surface area contributed by atoms with E-state index in [9.17, 15) is 0 Å². The van der Waals surface area contributed by atoms with E-state index in [2.05, 4.69) is 28.4 Å². The van der Waals surface area contributed by atoms with Crippen LogP contribution < -0.4 is 10.5 Å². The van der Waals surface area contributed by atoms with Gasteiger partial charge in [0.05, 0.1) is 12.8 Å². The minimum atomic E-state index is 0.470. The normalized spacial score (nSPS) is 10.8. The van der Waals surface area contributed by atoms with Crippen molar-refractivity contribution in [3.8, 4) is 17.0 Å². The Kier molecular flexibility index (Phi) is 2.93. The van der Waals surface area contributed by atoms with Crippen molar-refractivity contribution in [3.05, 3.63) is 48.2 Å². The molecule has 0 bridgehead atoms. The highest BCUT2D eigenvalue weighted by atomic mass is 16.5. The molecule has 0 saturated heterocycles. The molecule has 3 rings (SSSR count). The number of benzene rings is 2. The van der Waals surface area contributed by atoms with Gasteiger partial charge in [-0.1, -0.05) is 18.2 Å². The van der Waals surface area contributed by atoms with Crippen molar-refractivity contribution in [3.63, 3.8) is 0 Å². The SMILES string of the molecule is COc1ccc2cc(-c3cc(CN)[nH]n3)ccc2c1. The molecule has 0 amide bonds. The number of nitrogens with one attached hydrogen (secondary N) is 1. The van der Waals surface area contributed by atoms with Crippen molar-refractivity contribution >= 4 is 10.8 Å². The van der Waals surface area contributed by atoms with E-state index in [4.69, 9.17) is 10.5 Å². The van der Waals surface area contributed by atoms with Crippen molar-refractivity contribution in [2.24, 2.45) is 5.73 Å². The zero-order valence-electron chi connectivity index (χ0n) is 10.7. The lowest BCUT2D eigenvalue weighted by Gasteiger charge is -2.04. The van der Waals surface area contributed by atoms with E-state index in [1.165, 1.54) is 0 Å². The second kappa shape index (κ2) is 4.74. The molecule has 0 aliphatic carbocycles. The van der Waals surface area contributed by atoms with Gasteiger partial charge < -0.3 is 10.5 Å². The largest absolute Gasteiger partial charge is 0.497 e. The van der Waals surface area contributed by atoms with E-state index < -0.39 is 0 Å². The lowest BCUT2D eigenvalue weighted by atomic mass is 10.0. The van der Waals surface area contributed by atoms with Crippen LogP contribution in [0.1, 0.15) is 5.69 Å². The van der Waals surface area contributed by atoms with Gasteiger partial charge in [0.1, 0.15) is 5.75 Å². The van der Waals surface area contributed by atoms with Gasteiger partial charge in [-0.05, 0) is 35.0 Å².